The molecule has 4 aromatic rings. The molecule has 1 unspecified atom stereocenters. The fourth-order valence-corrected chi connectivity index (χ4v) is 5.33. The van der Waals surface area contributed by atoms with Gasteiger partial charge >= 0.3 is 6.18 Å². The van der Waals surface area contributed by atoms with Gasteiger partial charge in [0.1, 0.15) is 11.6 Å². The van der Waals surface area contributed by atoms with Crippen molar-refractivity contribution >= 4 is 16.0 Å². The van der Waals surface area contributed by atoms with Crippen LogP contribution in [0.15, 0.2) is 65.8 Å². The van der Waals surface area contributed by atoms with Crippen LogP contribution in [0.1, 0.15) is 34.7 Å². The predicted molar refractivity (Wildman–Crippen MR) is 131 cm³/mol. The van der Waals surface area contributed by atoms with Crippen molar-refractivity contribution in [3.63, 3.8) is 0 Å². The second-order valence-electron chi connectivity index (χ2n) is 8.78. The molecule has 13 heteroatoms. The molecule has 0 saturated carbocycles. The van der Waals surface area contributed by atoms with Crippen molar-refractivity contribution in [3.05, 3.63) is 94.9 Å². The van der Waals surface area contributed by atoms with Crippen molar-refractivity contribution in [2.45, 2.75) is 30.3 Å². The van der Waals surface area contributed by atoms with Gasteiger partial charge in [-0.1, -0.05) is 12.1 Å². The highest BCUT2D eigenvalue weighted by atomic mass is 32.2. The molecule has 2 aromatic carbocycles. The molecule has 0 bridgehead atoms. The summed E-state index contributed by atoms with van der Waals surface area (Å²) in [5, 5.41) is 0. The van der Waals surface area contributed by atoms with Crippen molar-refractivity contribution < 1.29 is 35.1 Å². The number of pyridine rings is 1. The second-order valence-corrected chi connectivity index (χ2v) is 10.5. The summed E-state index contributed by atoms with van der Waals surface area (Å²) < 4.78 is 101. The number of hydrogen-bond donors (Lipinski definition) is 1. The average Bonchev–Trinajstić information content (AvgIpc) is 2.90. The van der Waals surface area contributed by atoms with E-state index in [1.165, 1.54) is 37.3 Å². The maximum atomic E-state index is 13.9. The van der Waals surface area contributed by atoms with E-state index in [4.69, 9.17) is 4.74 Å². The molecular weight excluding hydrogens is 543 g/mol. The molecule has 1 aliphatic heterocycles. The first-order valence-corrected chi connectivity index (χ1v) is 13.0. The highest BCUT2D eigenvalue weighted by Crippen LogP contribution is 2.44. The third-order valence-electron chi connectivity index (χ3n) is 6.23. The molecule has 2 aromatic heterocycles. The van der Waals surface area contributed by atoms with Crippen molar-refractivity contribution in [1.29, 1.82) is 0 Å². The predicted octanol–water partition coefficient (Wildman–Crippen LogP) is 5.86. The number of hydrogen-bond acceptors (Lipinski definition) is 6. The van der Waals surface area contributed by atoms with E-state index in [2.05, 4.69) is 19.7 Å². The molecule has 5 rings (SSSR count). The monoisotopic (exact) mass is 562 g/mol. The maximum absolute atomic E-state index is 13.9. The first kappa shape index (κ1) is 26.5. The van der Waals surface area contributed by atoms with E-state index in [1.54, 1.807) is 0 Å². The van der Waals surface area contributed by atoms with Crippen LogP contribution < -0.4 is 9.46 Å². The molecular formula is C26H19F5N4O3S. The van der Waals surface area contributed by atoms with E-state index in [0.29, 0.717) is 17.5 Å². The summed E-state index contributed by atoms with van der Waals surface area (Å²) in [7, 11) is -4.17. The van der Waals surface area contributed by atoms with E-state index in [9.17, 15) is 30.4 Å². The summed E-state index contributed by atoms with van der Waals surface area (Å²) in [4.78, 5) is 11.2. The molecule has 0 spiro atoms. The Morgan fingerprint density at radius 1 is 0.974 bits per heavy atom. The molecule has 0 radical (unpaired) electrons. The van der Waals surface area contributed by atoms with Gasteiger partial charge in [-0.3, -0.25) is 4.98 Å². The van der Waals surface area contributed by atoms with Crippen molar-refractivity contribution in [2.24, 2.45) is 0 Å². The Morgan fingerprint density at radius 3 is 2.38 bits per heavy atom. The number of rotatable bonds is 5. The number of nitrogens with one attached hydrogen (secondary N) is 1. The first-order chi connectivity index (χ1) is 18.4. The van der Waals surface area contributed by atoms with E-state index in [1.807, 2.05) is 0 Å². The zero-order valence-corrected chi connectivity index (χ0v) is 20.9. The van der Waals surface area contributed by atoms with Gasteiger partial charge in [-0.25, -0.2) is 31.9 Å². The summed E-state index contributed by atoms with van der Waals surface area (Å²) in [6.07, 6.45) is -2.60. The normalized spacial score (nSPS) is 15.4. The molecule has 39 heavy (non-hydrogen) atoms. The number of nitrogens with zero attached hydrogens (tertiary/aromatic N) is 3. The number of aryl methyl sites for hydroxylation is 1. The zero-order chi connectivity index (χ0) is 27.9. The van der Waals surface area contributed by atoms with Gasteiger partial charge < -0.3 is 4.74 Å². The van der Waals surface area contributed by atoms with E-state index in [0.717, 1.165) is 30.6 Å². The minimum atomic E-state index is -4.61. The van der Waals surface area contributed by atoms with Crippen LogP contribution in [0, 0.1) is 18.6 Å². The van der Waals surface area contributed by atoms with Crippen molar-refractivity contribution in [1.82, 2.24) is 15.0 Å². The third kappa shape index (κ3) is 5.39. The lowest BCUT2D eigenvalue weighted by Crippen LogP contribution is -2.19. The number of ether oxygens (including phenoxy) is 1. The van der Waals surface area contributed by atoms with Crippen molar-refractivity contribution in [2.75, 3.05) is 11.3 Å². The first-order valence-electron chi connectivity index (χ1n) is 11.5. The van der Waals surface area contributed by atoms with Crippen molar-refractivity contribution in [3.8, 4) is 17.0 Å². The largest absolute Gasteiger partial charge is 0.493 e. The molecule has 0 aliphatic carbocycles. The molecule has 202 valence electrons. The van der Waals surface area contributed by atoms with Gasteiger partial charge in [-0.2, -0.15) is 13.2 Å². The Morgan fingerprint density at radius 2 is 1.69 bits per heavy atom. The highest BCUT2D eigenvalue weighted by molar-refractivity contribution is 7.92. The SMILES string of the molecule is Cc1nc(-c2cc(C(F)(F)F)ccc2C2CCOc3cc(S(=O)(=O)Nc4ncc(F)cn4)ccc32)ccc1F. The van der Waals surface area contributed by atoms with Crippen LogP contribution >= 0.6 is 0 Å². The number of alkyl halides is 3. The van der Waals surface area contributed by atoms with Crippen LogP contribution in [0.25, 0.3) is 11.3 Å². The van der Waals surface area contributed by atoms with Crippen LogP contribution in [0.4, 0.5) is 27.9 Å². The lowest BCUT2D eigenvalue weighted by Gasteiger charge is -2.28. The van der Waals surface area contributed by atoms with Crippen LogP contribution in [0.3, 0.4) is 0 Å². The molecule has 7 nitrogen and oxygen atoms in total. The van der Waals surface area contributed by atoms with Gasteiger partial charge in [0, 0.05) is 23.1 Å². The Balaban J connectivity index is 1.56. The fourth-order valence-electron chi connectivity index (χ4n) is 4.36. The summed E-state index contributed by atoms with van der Waals surface area (Å²) in [6, 6.07) is 9.90. The van der Waals surface area contributed by atoms with E-state index < -0.39 is 39.3 Å². The molecule has 1 N–H and O–H groups in total. The third-order valence-corrected chi connectivity index (χ3v) is 7.56. The minimum absolute atomic E-state index is 0.0377. The highest BCUT2D eigenvalue weighted by Gasteiger charge is 2.33. The fraction of sp³-hybridized carbons (Fsp3) is 0.192. The average molecular weight is 563 g/mol. The van der Waals surface area contributed by atoms with E-state index >= 15 is 0 Å². The van der Waals surface area contributed by atoms with Gasteiger partial charge in [0.2, 0.25) is 5.95 Å². The van der Waals surface area contributed by atoms with Crippen LogP contribution in [-0.4, -0.2) is 30.0 Å². The summed E-state index contributed by atoms with van der Waals surface area (Å²) in [6.45, 7) is 1.58. The number of sulfonamides is 1. The Bertz CT molecular complexity index is 1660. The molecule has 0 saturated heterocycles. The molecule has 3 heterocycles. The summed E-state index contributed by atoms with van der Waals surface area (Å²) in [5.74, 6) is -1.90. The standard InChI is InChI=1S/C26H19F5N4O3S/c1-14-22(28)6-7-23(34-14)21-10-15(26(29,30)31)2-4-18(21)19-8-9-38-24-11-17(3-5-20(19)24)39(36,37)35-25-32-12-16(27)13-33-25/h2-7,10-13,19H,8-9H2,1H3,(H,32,33,35). The number of halogens is 5. The summed E-state index contributed by atoms with van der Waals surface area (Å²) >= 11 is 0. The van der Waals surface area contributed by atoms with Crippen LogP contribution in [0.2, 0.25) is 0 Å². The quantitative estimate of drug-likeness (QED) is 0.307. The van der Waals surface area contributed by atoms with Gasteiger partial charge in [-0.05, 0) is 49.2 Å². The second kappa shape index (κ2) is 9.88. The topological polar surface area (TPSA) is 94.1 Å². The Hall–Kier alpha value is -4.13. The minimum Gasteiger partial charge on any atom is -0.493 e. The zero-order valence-electron chi connectivity index (χ0n) is 20.1. The lowest BCUT2D eigenvalue weighted by molar-refractivity contribution is -0.137. The molecule has 0 amide bonds. The molecule has 1 aliphatic rings. The smallest absolute Gasteiger partial charge is 0.416 e. The van der Waals surface area contributed by atoms with Gasteiger partial charge in [-0.15, -0.1) is 0 Å². The Kier molecular flexibility index (Phi) is 6.70. The van der Waals surface area contributed by atoms with E-state index in [-0.39, 0.29) is 40.2 Å². The van der Waals surface area contributed by atoms with Gasteiger partial charge in [0.25, 0.3) is 10.0 Å². The van der Waals surface area contributed by atoms with Gasteiger partial charge in [0.05, 0.1) is 40.8 Å². The van der Waals surface area contributed by atoms with Crippen LogP contribution in [-0.2, 0) is 16.2 Å². The number of aromatic nitrogens is 3. The molecule has 1 atom stereocenters. The molecule has 0 fully saturated rings. The number of fused-ring (bicyclic) bond motifs is 1. The summed E-state index contributed by atoms with van der Waals surface area (Å²) in [5.41, 5.74) is 0.560. The van der Waals surface area contributed by atoms with Gasteiger partial charge in [0.15, 0.2) is 5.82 Å². The maximum Gasteiger partial charge on any atom is 0.416 e. The van der Waals surface area contributed by atoms with Crippen LogP contribution in [0.5, 0.6) is 5.75 Å². The number of anilines is 1. The Labute approximate surface area is 219 Å². The number of benzene rings is 2. The lowest BCUT2D eigenvalue weighted by atomic mass is 9.82.